The second-order valence-corrected chi connectivity index (χ2v) is 5.61. The Bertz CT molecular complexity index is 544. The third kappa shape index (κ3) is 2.77. The summed E-state index contributed by atoms with van der Waals surface area (Å²) < 4.78 is 13.0. The molecule has 1 heterocycles. The van der Waals surface area contributed by atoms with Crippen LogP contribution in [0.1, 0.15) is 39.2 Å². The lowest BCUT2D eigenvalue weighted by Gasteiger charge is -2.46. The minimum atomic E-state index is -0.864. The molecule has 1 aromatic rings. The lowest BCUT2D eigenvalue weighted by Crippen LogP contribution is -2.68. The molecule has 0 aromatic heterocycles. The fourth-order valence-corrected chi connectivity index (χ4v) is 2.58. The first-order valence-corrected chi connectivity index (χ1v) is 7.29. The average molecular weight is 292 g/mol. The van der Waals surface area contributed by atoms with Crippen LogP contribution in [0.25, 0.3) is 0 Å². The van der Waals surface area contributed by atoms with Crippen molar-refractivity contribution in [2.75, 3.05) is 0 Å². The Morgan fingerprint density at radius 3 is 2.38 bits per heavy atom. The number of hydrogen-bond donors (Lipinski definition) is 1. The zero-order valence-corrected chi connectivity index (χ0v) is 12.6. The van der Waals surface area contributed by atoms with Gasteiger partial charge in [-0.3, -0.25) is 9.59 Å². The van der Waals surface area contributed by atoms with Crippen molar-refractivity contribution in [2.24, 2.45) is 0 Å². The third-order valence-corrected chi connectivity index (χ3v) is 4.30. The van der Waals surface area contributed by atoms with Crippen molar-refractivity contribution >= 4 is 11.8 Å². The Morgan fingerprint density at radius 1 is 1.24 bits per heavy atom. The smallest absolute Gasteiger partial charge is 0.246 e. The zero-order chi connectivity index (χ0) is 15.6. The molecule has 1 aliphatic heterocycles. The number of amides is 2. The molecule has 114 valence electrons. The van der Waals surface area contributed by atoms with Gasteiger partial charge in [0, 0.05) is 6.54 Å². The van der Waals surface area contributed by atoms with Gasteiger partial charge in [-0.15, -0.1) is 0 Å². The molecule has 0 radical (unpaired) electrons. The summed E-state index contributed by atoms with van der Waals surface area (Å²) in [6, 6.07) is 5.55. The standard InChI is InChI=1S/C16H21FN2O2/c1-4-13-14(20)19(16(3,5-2)15(21)18-13)10-11-6-8-12(17)9-7-11/h6-9,13H,4-5,10H2,1-3H3,(H,18,21). The minimum Gasteiger partial charge on any atom is -0.342 e. The van der Waals surface area contributed by atoms with E-state index in [4.69, 9.17) is 0 Å². The van der Waals surface area contributed by atoms with Crippen LogP contribution in [-0.2, 0) is 16.1 Å². The van der Waals surface area contributed by atoms with Gasteiger partial charge < -0.3 is 10.2 Å². The number of hydrogen-bond acceptors (Lipinski definition) is 2. The third-order valence-electron chi connectivity index (χ3n) is 4.30. The first-order valence-electron chi connectivity index (χ1n) is 7.29. The van der Waals surface area contributed by atoms with Crippen LogP contribution < -0.4 is 5.32 Å². The normalized spacial score (nSPS) is 25.9. The van der Waals surface area contributed by atoms with E-state index in [-0.39, 0.29) is 17.6 Å². The second-order valence-electron chi connectivity index (χ2n) is 5.61. The summed E-state index contributed by atoms with van der Waals surface area (Å²) in [5.74, 6) is -0.518. The highest BCUT2D eigenvalue weighted by atomic mass is 19.1. The molecule has 0 aliphatic carbocycles. The predicted octanol–water partition coefficient (Wildman–Crippen LogP) is 2.23. The summed E-state index contributed by atoms with van der Waals surface area (Å²) in [5, 5.41) is 2.79. The molecule has 0 saturated carbocycles. The van der Waals surface area contributed by atoms with Gasteiger partial charge in [0.05, 0.1) is 0 Å². The molecule has 2 unspecified atom stereocenters. The summed E-state index contributed by atoms with van der Waals surface area (Å²) in [7, 11) is 0. The van der Waals surface area contributed by atoms with Gasteiger partial charge >= 0.3 is 0 Å². The van der Waals surface area contributed by atoms with E-state index in [1.807, 2.05) is 13.8 Å². The Hall–Kier alpha value is -1.91. The fourth-order valence-electron chi connectivity index (χ4n) is 2.58. The van der Waals surface area contributed by atoms with Crippen LogP contribution >= 0.6 is 0 Å². The molecule has 1 aromatic carbocycles. The molecule has 2 rings (SSSR count). The highest BCUT2D eigenvalue weighted by Gasteiger charge is 2.47. The molecule has 1 N–H and O–H groups in total. The van der Waals surface area contributed by atoms with E-state index in [0.29, 0.717) is 19.4 Å². The Balaban J connectivity index is 2.32. The molecule has 1 fully saturated rings. The summed E-state index contributed by atoms with van der Waals surface area (Å²) >= 11 is 0. The van der Waals surface area contributed by atoms with E-state index in [1.54, 1.807) is 24.0 Å². The number of halogens is 1. The topological polar surface area (TPSA) is 49.4 Å². The van der Waals surface area contributed by atoms with Crippen LogP contribution in [0, 0.1) is 5.82 Å². The van der Waals surface area contributed by atoms with Crippen molar-refractivity contribution in [2.45, 2.75) is 51.7 Å². The van der Waals surface area contributed by atoms with E-state index < -0.39 is 11.6 Å². The van der Waals surface area contributed by atoms with E-state index in [2.05, 4.69) is 5.32 Å². The van der Waals surface area contributed by atoms with Crippen LogP contribution in [0.15, 0.2) is 24.3 Å². The summed E-state index contributed by atoms with van der Waals surface area (Å²) in [6.45, 7) is 5.84. The van der Waals surface area contributed by atoms with Crippen molar-refractivity contribution < 1.29 is 14.0 Å². The van der Waals surface area contributed by atoms with Crippen LogP contribution in [0.4, 0.5) is 4.39 Å². The molecule has 4 nitrogen and oxygen atoms in total. The number of piperazine rings is 1. The van der Waals surface area contributed by atoms with E-state index >= 15 is 0 Å². The van der Waals surface area contributed by atoms with Gasteiger partial charge in [0.15, 0.2) is 0 Å². The van der Waals surface area contributed by atoms with Crippen LogP contribution in [0.3, 0.4) is 0 Å². The van der Waals surface area contributed by atoms with Crippen molar-refractivity contribution in [3.63, 3.8) is 0 Å². The molecule has 2 amide bonds. The Morgan fingerprint density at radius 2 is 1.86 bits per heavy atom. The maximum atomic E-state index is 13.0. The van der Waals surface area contributed by atoms with Gasteiger partial charge in [0.2, 0.25) is 11.8 Å². The molecule has 21 heavy (non-hydrogen) atoms. The highest BCUT2D eigenvalue weighted by Crippen LogP contribution is 2.27. The number of rotatable bonds is 4. The van der Waals surface area contributed by atoms with Crippen molar-refractivity contribution in [3.05, 3.63) is 35.6 Å². The van der Waals surface area contributed by atoms with Crippen LogP contribution in [0.2, 0.25) is 0 Å². The molecular weight excluding hydrogens is 271 g/mol. The van der Waals surface area contributed by atoms with Gasteiger partial charge in [-0.25, -0.2) is 4.39 Å². The first kappa shape index (κ1) is 15.5. The number of carbonyl (C=O) groups is 2. The number of nitrogens with one attached hydrogen (secondary N) is 1. The lowest BCUT2D eigenvalue weighted by atomic mass is 9.89. The van der Waals surface area contributed by atoms with Gasteiger partial charge in [0.1, 0.15) is 17.4 Å². The quantitative estimate of drug-likeness (QED) is 0.925. The first-order chi connectivity index (χ1) is 9.92. The zero-order valence-electron chi connectivity index (χ0n) is 12.6. The van der Waals surface area contributed by atoms with Gasteiger partial charge in [-0.1, -0.05) is 26.0 Å². The van der Waals surface area contributed by atoms with Crippen molar-refractivity contribution in [3.8, 4) is 0 Å². The number of nitrogens with zero attached hydrogens (tertiary/aromatic N) is 1. The average Bonchev–Trinajstić information content (AvgIpc) is 2.49. The Labute approximate surface area is 124 Å². The second kappa shape index (κ2) is 5.84. The largest absolute Gasteiger partial charge is 0.342 e. The molecule has 0 spiro atoms. The van der Waals surface area contributed by atoms with Crippen LogP contribution in [-0.4, -0.2) is 28.3 Å². The summed E-state index contributed by atoms with van der Waals surface area (Å²) in [6.07, 6.45) is 1.09. The maximum Gasteiger partial charge on any atom is 0.246 e. The molecule has 1 saturated heterocycles. The highest BCUT2D eigenvalue weighted by molar-refractivity contribution is 5.99. The summed E-state index contributed by atoms with van der Waals surface area (Å²) in [4.78, 5) is 26.6. The SMILES string of the molecule is CCC1NC(=O)C(C)(CC)N(Cc2ccc(F)cc2)C1=O. The predicted molar refractivity (Wildman–Crippen MR) is 77.9 cm³/mol. The number of carbonyl (C=O) groups excluding carboxylic acids is 2. The van der Waals surface area contributed by atoms with Gasteiger partial charge in [0.25, 0.3) is 0 Å². The van der Waals surface area contributed by atoms with E-state index in [0.717, 1.165) is 5.56 Å². The maximum absolute atomic E-state index is 13.0. The molecule has 2 atom stereocenters. The Kier molecular flexibility index (Phi) is 4.30. The van der Waals surface area contributed by atoms with Gasteiger partial charge in [-0.2, -0.15) is 0 Å². The monoisotopic (exact) mass is 292 g/mol. The molecule has 1 aliphatic rings. The van der Waals surface area contributed by atoms with Gasteiger partial charge in [-0.05, 0) is 37.5 Å². The van der Waals surface area contributed by atoms with Crippen molar-refractivity contribution in [1.82, 2.24) is 10.2 Å². The molecule has 5 heteroatoms. The van der Waals surface area contributed by atoms with Crippen molar-refractivity contribution in [1.29, 1.82) is 0 Å². The van der Waals surface area contributed by atoms with Crippen LogP contribution in [0.5, 0.6) is 0 Å². The molecular formula is C16H21FN2O2. The molecule has 0 bridgehead atoms. The number of benzene rings is 1. The summed E-state index contributed by atoms with van der Waals surface area (Å²) in [5.41, 5.74) is -0.0501. The fraction of sp³-hybridized carbons (Fsp3) is 0.500. The lowest BCUT2D eigenvalue weighted by molar-refractivity contribution is -0.157. The minimum absolute atomic E-state index is 0.0780. The van der Waals surface area contributed by atoms with E-state index in [1.165, 1.54) is 12.1 Å². The van der Waals surface area contributed by atoms with E-state index in [9.17, 15) is 14.0 Å².